The maximum absolute atomic E-state index is 11.4. The minimum Gasteiger partial charge on any atom is -0.294 e. The topological polar surface area (TPSA) is 17.1 Å². The lowest BCUT2D eigenvalue weighted by Crippen LogP contribution is -1.96. The van der Waals surface area contributed by atoms with Crippen molar-refractivity contribution in [1.29, 1.82) is 0 Å². The molecule has 0 aliphatic rings. The summed E-state index contributed by atoms with van der Waals surface area (Å²) in [5.74, 6) is 0.190. The maximum Gasteiger partial charge on any atom is 0.163 e. The van der Waals surface area contributed by atoms with Crippen LogP contribution >= 0.6 is 0 Å². The van der Waals surface area contributed by atoms with Crippen LogP contribution in [0.25, 0.3) is 0 Å². The number of allylic oxidation sites excluding steroid dienone is 1. The third kappa shape index (κ3) is 2.35. The van der Waals surface area contributed by atoms with Crippen LogP contribution in [0.4, 0.5) is 0 Å². The van der Waals surface area contributed by atoms with E-state index < -0.39 is 0 Å². The summed E-state index contributed by atoms with van der Waals surface area (Å²) >= 11 is 0. The summed E-state index contributed by atoms with van der Waals surface area (Å²) in [6, 6.07) is 9.34. The van der Waals surface area contributed by atoms with Crippen molar-refractivity contribution in [3.8, 4) is 0 Å². The van der Waals surface area contributed by atoms with Crippen LogP contribution in [-0.2, 0) is 0 Å². The summed E-state index contributed by atoms with van der Waals surface area (Å²) in [5.41, 5.74) is 0.791. The van der Waals surface area contributed by atoms with Crippen LogP contribution in [0, 0.1) is 0 Å². The van der Waals surface area contributed by atoms with E-state index >= 15 is 0 Å². The minimum absolute atomic E-state index is 0.190. The summed E-state index contributed by atoms with van der Waals surface area (Å²) in [4.78, 5) is 11.4. The second kappa shape index (κ2) is 4.50. The molecule has 62 valence electrons. The second-order valence-electron chi connectivity index (χ2n) is 2.62. The second-order valence-corrected chi connectivity index (χ2v) is 2.62. The van der Waals surface area contributed by atoms with Gasteiger partial charge in [0.1, 0.15) is 0 Å². The molecular weight excluding hydrogens is 148 g/mol. The Balaban J connectivity index is 2.59. The predicted octanol–water partition coefficient (Wildman–Crippen LogP) is 2.84. The number of benzene rings is 1. The summed E-state index contributed by atoms with van der Waals surface area (Å²) in [7, 11) is 0. The molecule has 0 N–H and O–H groups in total. The van der Waals surface area contributed by atoms with Crippen LogP contribution in [0.3, 0.4) is 0 Å². The number of rotatable bonds is 4. The molecule has 0 spiro atoms. The van der Waals surface area contributed by atoms with E-state index in [9.17, 15) is 4.79 Å². The van der Waals surface area contributed by atoms with Crippen LogP contribution in [0.1, 0.15) is 23.2 Å². The minimum atomic E-state index is 0.190. The summed E-state index contributed by atoms with van der Waals surface area (Å²) in [6.45, 7) is 3.57. The molecule has 1 heteroatoms. The molecule has 0 saturated heterocycles. The fourth-order valence-electron chi connectivity index (χ4n) is 1.00. The monoisotopic (exact) mass is 160 g/mol. The SMILES string of the molecule is C=CCCC(=O)c1ccccc1. The quantitative estimate of drug-likeness (QED) is 0.489. The fraction of sp³-hybridized carbons (Fsp3) is 0.182. The first-order valence-corrected chi connectivity index (χ1v) is 4.03. The Morgan fingerprint density at radius 3 is 2.58 bits per heavy atom. The van der Waals surface area contributed by atoms with Crippen molar-refractivity contribution in [1.82, 2.24) is 0 Å². The number of carbonyl (C=O) groups excluding carboxylic acids is 1. The molecule has 0 atom stereocenters. The lowest BCUT2D eigenvalue weighted by Gasteiger charge is -1.96. The largest absolute Gasteiger partial charge is 0.294 e. The smallest absolute Gasteiger partial charge is 0.163 e. The molecule has 1 rings (SSSR count). The third-order valence-corrected chi connectivity index (χ3v) is 1.67. The summed E-state index contributed by atoms with van der Waals surface area (Å²) < 4.78 is 0. The predicted molar refractivity (Wildman–Crippen MR) is 50.2 cm³/mol. The molecule has 1 aromatic rings. The Morgan fingerprint density at radius 1 is 1.33 bits per heavy atom. The average molecular weight is 160 g/mol. The van der Waals surface area contributed by atoms with Crippen LogP contribution in [0.5, 0.6) is 0 Å². The van der Waals surface area contributed by atoms with Crippen molar-refractivity contribution in [2.75, 3.05) is 0 Å². The van der Waals surface area contributed by atoms with Gasteiger partial charge in [-0.1, -0.05) is 36.4 Å². The molecule has 0 heterocycles. The maximum atomic E-state index is 11.4. The number of ketones is 1. The van der Waals surface area contributed by atoms with Crippen LogP contribution in [0.15, 0.2) is 43.0 Å². The van der Waals surface area contributed by atoms with Crippen LogP contribution in [-0.4, -0.2) is 5.78 Å². The van der Waals surface area contributed by atoms with Gasteiger partial charge in [0.25, 0.3) is 0 Å². The normalized spacial score (nSPS) is 9.33. The van der Waals surface area contributed by atoms with Gasteiger partial charge in [-0.25, -0.2) is 0 Å². The Morgan fingerprint density at radius 2 is 2.00 bits per heavy atom. The highest BCUT2D eigenvalue weighted by Crippen LogP contribution is 2.04. The molecule has 0 saturated carbocycles. The zero-order chi connectivity index (χ0) is 8.81. The Bertz CT molecular complexity index is 262. The highest BCUT2D eigenvalue weighted by molar-refractivity contribution is 5.96. The molecule has 12 heavy (non-hydrogen) atoms. The first kappa shape index (κ1) is 8.72. The molecule has 0 bridgehead atoms. The molecule has 0 aromatic heterocycles. The molecule has 0 aliphatic carbocycles. The van der Waals surface area contributed by atoms with E-state index in [4.69, 9.17) is 0 Å². The van der Waals surface area contributed by atoms with Gasteiger partial charge in [0.2, 0.25) is 0 Å². The molecule has 1 nitrogen and oxygen atoms in total. The third-order valence-electron chi connectivity index (χ3n) is 1.67. The van der Waals surface area contributed by atoms with Gasteiger partial charge in [0, 0.05) is 12.0 Å². The van der Waals surface area contributed by atoms with E-state index in [1.54, 1.807) is 6.08 Å². The van der Waals surface area contributed by atoms with Crippen molar-refractivity contribution in [2.24, 2.45) is 0 Å². The van der Waals surface area contributed by atoms with Crippen LogP contribution < -0.4 is 0 Å². The molecule has 0 radical (unpaired) electrons. The molecule has 0 aliphatic heterocycles. The zero-order valence-corrected chi connectivity index (χ0v) is 6.99. The van der Waals surface area contributed by atoms with Crippen molar-refractivity contribution >= 4 is 5.78 Å². The van der Waals surface area contributed by atoms with Gasteiger partial charge < -0.3 is 0 Å². The van der Waals surface area contributed by atoms with Crippen molar-refractivity contribution in [2.45, 2.75) is 12.8 Å². The number of carbonyl (C=O) groups is 1. The lowest BCUT2D eigenvalue weighted by atomic mass is 10.1. The molecular formula is C11H12O. The average Bonchev–Trinajstić information content (AvgIpc) is 2.15. The number of Topliss-reactive ketones (excluding diaryl/α,β-unsaturated/α-hetero) is 1. The van der Waals surface area contributed by atoms with Gasteiger partial charge in [-0.2, -0.15) is 0 Å². The molecule has 0 unspecified atom stereocenters. The van der Waals surface area contributed by atoms with E-state index in [1.807, 2.05) is 30.3 Å². The van der Waals surface area contributed by atoms with E-state index in [0.29, 0.717) is 6.42 Å². The van der Waals surface area contributed by atoms with E-state index in [-0.39, 0.29) is 5.78 Å². The van der Waals surface area contributed by atoms with Gasteiger partial charge in [-0.05, 0) is 6.42 Å². The summed E-state index contributed by atoms with van der Waals surface area (Å²) in [6.07, 6.45) is 3.09. The number of hydrogen-bond acceptors (Lipinski definition) is 1. The molecule has 1 aromatic carbocycles. The van der Waals surface area contributed by atoms with Gasteiger partial charge in [-0.15, -0.1) is 6.58 Å². The lowest BCUT2D eigenvalue weighted by molar-refractivity contribution is 0.0983. The highest BCUT2D eigenvalue weighted by atomic mass is 16.1. The summed E-state index contributed by atoms with van der Waals surface area (Å²) in [5, 5.41) is 0. The van der Waals surface area contributed by atoms with Gasteiger partial charge in [-0.3, -0.25) is 4.79 Å². The van der Waals surface area contributed by atoms with Gasteiger partial charge in [0.05, 0.1) is 0 Å². The Kier molecular flexibility index (Phi) is 3.27. The molecule has 0 fully saturated rings. The van der Waals surface area contributed by atoms with Gasteiger partial charge in [0.15, 0.2) is 5.78 Å². The van der Waals surface area contributed by atoms with Crippen LogP contribution in [0.2, 0.25) is 0 Å². The first-order chi connectivity index (χ1) is 5.84. The first-order valence-electron chi connectivity index (χ1n) is 4.03. The van der Waals surface area contributed by atoms with Crippen molar-refractivity contribution < 1.29 is 4.79 Å². The van der Waals surface area contributed by atoms with Gasteiger partial charge >= 0.3 is 0 Å². The fourth-order valence-corrected chi connectivity index (χ4v) is 1.00. The zero-order valence-electron chi connectivity index (χ0n) is 6.99. The van der Waals surface area contributed by atoms with E-state index in [1.165, 1.54) is 0 Å². The number of hydrogen-bond donors (Lipinski definition) is 0. The van der Waals surface area contributed by atoms with Crippen molar-refractivity contribution in [3.63, 3.8) is 0 Å². The van der Waals surface area contributed by atoms with E-state index in [0.717, 1.165) is 12.0 Å². The highest BCUT2D eigenvalue weighted by Gasteiger charge is 2.01. The Hall–Kier alpha value is -1.37. The Labute approximate surface area is 72.7 Å². The molecule has 0 amide bonds. The van der Waals surface area contributed by atoms with E-state index in [2.05, 4.69) is 6.58 Å². The van der Waals surface area contributed by atoms with Crippen molar-refractivity contribution in [3.05, 3.63) is 48.6 Å². The standard InChI is InChI=1S/C11H12O/c1-2-3-9-11(12)10-7-5-4-6-8-10/h2,4-8H,1,3,9H2.